The van der Waals surface area contributed by atoms with Crippen molar-refractivity contribution in [1.82, 2.24) is 20.3 Å². The van der Waals surface area contributed by atoms with Crippen molar-refractivity contribution in [3.63, 3.8) is 0 Å². The minimum atomic E-state index is 0.715. The molecule has 2 heterocycles. The van der Waals surface area contributed by atoms with Gasteiger partial charge in [-0.3, -0.25) is 4.68 Å². The normalized spacial score (nSPS) is 10.9. The molecule has 0 spiro atoms. The second-order valence-electron chi connectivity index (χ2n) is 3.89. The van der Waals surface area contributed by atoms with Gasteiger partial charge in [0.05, 0.1) is 17.1 Å². The summed E-state index contributed by atoms with van der Waals surface area (Å²) in [4.78, 5) is 0. The molecule has 0 bridgehead atoms. The Bertz CT molecular complexity index is 447. The first-order valence-corrected chi connectivity index (χ1v) is 5.99. The summed E-state index contributed by atoms with van der Waals surface area (Å²) in [6.45, 7) is 6.64. The van der Waals surface area contributed by atoms with E-state index >= 15 is 0 Å². The molecule has 92 valence electrons. The molecule has 1 N–H and O–H groups in total. The van der Waals surface area contributed by atoms with Gasteiger partial charge in [-0.1, -0.05) is 12.1 Å². The lowest BCUT2D eigenvalue weighted by Crippen LogP contribution is -2.16. The first-order chi connectivity index (χ1) is 8.33. The fourth-order valence-corrected chi connectivity index (χ4v) is 1.75. The van der Waals surface area contributed by atoms with E-state index in [-0.39, 0.29) is 0 Å². The van der Waals surface area contributed by atoms with E-state index in [9.17, 15) is 0 Å². The third-order valence-corrected chi connectivity index (χ3v) is 2.68. The lowest BCUT2D eigenvalue weighted by Gasteiger charge is -2.04. The van der Waals surface area contributed by atoms with Crippen molar-refractivity contribution >= 4 is 0 Å². The van der Waals surface area contributed by atoms with E-state index in [0.29, 0.717) is 6.54 Å². The molecule has 0 aliphatic rings. The van der Waals surface area contributed by atoms with E-state index in [1.807, 2.05) is 10.7 Å². The Labute approximate surface area is 101 Å². The molecule has 0 radical (unpaired) electrons. The molecule has 5 nitrogen and oxygen atoms in total. The maximum absolute atomic E-state index is 4.78. The second-order valence-corrected chi connectivity index (χ2v) is 3.89. The van der Waals surface area contributed by atoms with E-state index in [1.54, 1.807) is 6.26 Å². The predicted molar refractivity (Wildman–Crippen MR) is 64.3 cm³/mol. The number of hydrogen-bond acceptors (Lipinski definition) is 4. The van der Waals surface area contributed by atoms with Crippen molar-refractivity contribution in [2.45, 2.75) is 39.9 Å². The third kappa shape index (κ3) is 2.94. The minimum Gasteiger partial charge on any atom is -0.364 e. The van der Waals surface area contributed by atoms with Crippen LogP contribution in [-0.4, -0.2) is 14.9 Å². The number of nitrogens with zero attached hydrogens (tertiary/aromatic N) is 3. The number of rotatable bonds is 6. The molecule has 2 rings (SSSR count). The van der Waals surface area contributed by atoms with Crippen molar-refractivity contribution in [2.24, 2.45) is 0 Å². The fourth-order valence-electron chi connectivity index (χ4n) is 1.75. The molecule has 0 saturated carbocycles. The average Bonchev–Trinajstić information content (AvgIpc) is 2.98. The van der Waals surface area contributed by atoms with Crippen LogP contribution in [-0.2, 0) is 26.1 Å². The standard InChI is InChI=1S/C12H18N4O/c1-3-10-7-12(16(4-2)14-10)9-13-8-11-5-6-17-15-11/h5-7,13H,3-4,8-9H2,1-2H3. The highest BCUT2D eigenvalue weighted by molar-refractivity contribution is 5.10. The van der Waals surface area contributed by atoms with Gasteiger partial charge >= 0.3 is 0 Å². The van der Waals surface area contributed by atoms with Crippen molar-refractivity contribution in [2.75, 3.05) is 0 Å². The van der Waals surface area contributed by atoms with Crippen LogP contribution in [0.25, 0.3) is 0 Å². The van der Waals surface area contributed by atoms with Crippen molar-refractivity contribution in [1.29, 1.82) is 0 Å². The largest absolute Gasteiger partial charge is 0.364 e. The summed E-state index contributed by atoms with van der Waals surface area (Å²) in [7, 11) is 0. The highest BCUT2D eigenvalue weighted by Crippen LogP contribution is 2.05. The summed E-state index contributed by atoms with van der Waals surface area (Å²) in [6.07, 6.45) is 2.56. The maximum Gasteiger partial charge on any atom is 0.124 e. The first-order valence-electron chi connectivity index (χ1n) is 5.99. The van der Waals surface area contributed by atoms with Gasteiger partial charge in [-0.25, -0.2) is 0 Å². The van der Waals surface area contributed by atoms with Crippen molar-refractivity contribution in [3.8, 4) is 0 Å². The Balaban J connectivity index is 1.91. The molecule has 0 amide bonds. The summed E-state index contributed by atoms with van der Waals surface area (Å²) in [5.41, 5.74) is 3.28. The molecule has 0 aromatic carbocycles. The van der Waals surface area contributed by atoms with Gasteiger partial charge in [-0.2, -0.15) is 5.10 Å². The van der Waals surface area contributed by atoms with E-state index in [0.717, 1.165) is 30.9 Å². The molecule has 0 saturated heterocycles. The molecule has 5 heteroatoms. The summed E-state index contributed by atoms with van der Waals surface area (Å²) < 4.78 is 6.81. The van der Waals surface area contributed by atoms with E-state index < -0.39 is 0 Å². The lowest BCUT2D eigenvalue weighted by atomic mass is 10.3. The third-order valence-electron chi connectivity index (χ3n) is 2.68. The Morgan fingerprint density at radius 3 is 2.82 bits per heavy atom. The van der Waals surface area contributed by atoms with Crippen LogP contribution in [0, 0.1) is 0 Å². The van der Waals surface area contributed by atoms with Gasteiger partial charge in [0.25, 0.3) is 0 Å². The van der Waals surface area contributed by atoms with Crippen molar-refractivity contribution < 1.29 is 4.52 Å². The quantitative estimate of drug-likeness (QED) is 0.827. The summed E-state index contributed by atoms with van der Waals surface area (Å²) >= 11 is 0. The Morgan fingerprint density at radius 1 is 1.29 bits per heavy atom. The molecule has 0 aliphatic carbocycles. The van der Waals surface area contributed by atoms with Gasteiger partial charge < -0.3 is 9.84 Å². The molecular formula is C12H18N4O. The Hall–Kier alpha value is -1.62. The second kappa shape index (κ2) is 5.63. The van der Waals surface area contributed by atoms with Crippen LogP contribution >= 0.6 is 0 Å². The van der Waals surface area contributed by atoms with Crippen LogP contribution in [0.4, 0.5) is 0 Å². The highest BCUT2D eigenvalue weighted by atomic mass is 16.5. The number of aromatic nitrogens is 3. The maximum atomic E-state index is 4.78. The van der Waals surface area contributed by atoms with Gasteiger partial charge in [0.15, 0.2) is 0 Å². The van der Waals surface area contributed by atoms with Crippen LogP contribution in [0.1, 0.15) is 30.9 Å². The first kappa shape index (κ1) is 11.9. The molecule has 0 aliphatic heterocycles. The average molecular weight is 234 g/mol. The van der Waals surface area contributed by atoms with Crippen LogP contribution in [0.15, 0.2) is 22.9 Å². The fraction of sp³-hybridized carbons (Fsp3) is 0.500. The topological polar surface area (TPSA) is 55.9 Å². The van der Waals surface area contributed by atoms with E-state index in [2.05, 4.69) is 35.5 Å². The Kier molecular flexibility index (Phi) is 3.93. The number of hydrogen-bond donors (Lipinski definition) is 1. The zero-order chi connectivity index (χ0) is 12.1. The van der Waals surface area contributed by atoms with Crippen LogP contribution in [0.5, 0.6) is 0 Å². The van der Waals surface area contributed by atoms with Gasteiger partial charge in [-0.05, 0) is 19.4 Å². The monoisotopic (exact) mass is 234 g/mol. The highest BCUT2D eigenvalue weighted by Gasteiger charge is 2.05. The molecule has 2 aromatic rings. The van der Waals surface area contributed by atoms with Gasteiger partial charge in [0.2, 0.25) is 0 Å². The Morgan fingerprint density at radius 2 is 2.18 bits per heavy atom. The van der Waals surface area contributed by atoms with Gasteiger partial charge in [0, 0.05) is 25.7 Å². The van der Waals surface area contributed by atoms with E-state index in [1.165, 1.54) is 5.69 Å². The van der Waals surface area contributed by atoms with Crippen LogP contribution in [0.2, 0.25) is 0 Å². The number of aryl methyl sites for hydroxylation is 2. The van der Waals surface area contributed by atoms with Gasteiger partial charge in [-0.15, -0.1) is 0 Å². The van der Waals surface area contributed by atoms with Crippen molar-refractivity contribution in [3.05, 3.63) is 35.5 Å². The predicted octanol–water partition coefficient (Wildman–Crippen LogP) is 1.74. The summed E-state index contributed by atoms with van der Waals surface area (Å²) in [5, 5.41) is 11.7. The minimum absolute atomic E-state index is 0.715. The summed E-state index contributed by atoms with van der Waals surface area (Å²) in [5.74, 6) is 0. The zero-order valence-corrected chi connectivity index (χ0v) is 10.3. The smallest absolute Gasteiger partial charge is 0.124 e. The van der Waals surface area contributed by atoms with Gasteiger partial charge in [0.1, 0.15) is 6.26 Å². The molecule has 0 unspecified atom stereocenters. The lowest BCUT2D eigenvalue weighted by molar-refractivity contribution is 0.408. The summed E-state index contributed by atoms with van der Waals surface area (Å²) in [6, 6.07) is 4.01. The zero-order valence-electron chi connectivity index (χ0n) is 10.3. The molecule has 0 fully saturated rings. The molecular weight excluding hydrogens is 216 g/mol. The molecule has 17 heavy (non-hydrogen) atoms. The number of nitrogens with one attached hydrogen (secondary N) is 1. The molecule has 2 aromatic heterocycles. The van der Waals surface area contributed by atoms with Crippen LogP contribution < -0.4 is 5.32 Å². The molecule has 0 atom stereocenters. The SMILES string of the molecule is CCc1cc(CNCc2ccon2)n(CC)n1. The van der Waals surface area contributed by atoms with Crippen LogP contribution in [0.3, 0.4) is 0 Å². The van der Waals surface area contributed by atoms with E-state index in [4.69, 9.17) is 4.52 Å².